The Morgan fingerprint density at radius 3 is 2.50 bits per heavy atom. The first kappa shape index (κ1) is 14.4. The molecule has 1 amide bonds. The van der Waals surface area contributed by atoms with Crippen molar-refractivity contribution >= 4 is 5.91 Å². The van der Waals surface area contributed by atoms with Crippen molar-refractivity contribution in [2.24, 2.45) is 11.3 Å². The Balaban J connectivity index is 1.67. The van der Waals surface area contributed by atoms with Gasteiger partial charge in [-0.15, -0.1) is 0 Å². The Bertz CT molecular complexity index is 339. The van der Waals surface area contributed by atoms with Crippen LogP contribution in [0.1, 0.15) is 64.7 Å². The first-order valence-corrected chi connectivity index (χ1v) is 8.77. The number of rotatable bonds is 5. The molecule has 1 unspecified atom stereocenters. The molecular weight excluding hydrogens is 248 g/mol. The van der Waals surface area contributed by atoms with Crippen LogP contribution in [-0.2, 0) is 4.79 Å². The van der Waals surface area contributed by atoms with Crippen LogP contribution >= 0.6 is 0 Å². The van der Waals surface area contributed by atoms with Crippen LogP contribution in [0, 0.1) is 11.3 Å². The van der Waals surface area contributed by atoms with Crippen LogP contribution in [0.5, 0.6) is 0 Å². The van der Waals surface area contributed by atoms with Crippen LogP contribution in [-0.4, -0.2) is 36.5 Å². The van der Waals surface area contributed by atoms with Gasteiger partial charge in [0.05, 0.1) is 5.41 Å². The predicted molar refractivity (Wildman–Crippen MR) is 81.5 cm³/mol. The largest absolute Gasteiger partial charge is 0.339 e. The van der Waals surface area contributed by atoms with Crippen molar-refractivity contribution in [2.45, 2.75) is 70.8 Å². The second-order valence-corrected chi connectivity index (χ2v) is 7.25. The molecule has 20 heavy (non-hydrogen) atoms. The van der Waals surface area contributed by atoms with E-state index in [9.17, 15) is 4.79 Å². The summed E-state index contributed by atoms with van der Waals surface area (Å²) in [5.74, 6) is 1.25. The zero-order valence-electron chi connectivity index (χ0n) is 13.0. The molecule has 1 atom stereocenters. The Morgan fingerprint density at radius 2 is 1.95 bits per heavy atom. The first-order valence-electron chi connectivity index (χ1n) is 8.77. The maximum Gasteiger partial charge on any atom is 0.230 e. The molecular formula is C17H30N2O. The topological polar surface area (TPSA) is 32.3 Å². The summed E-state index contributed by atoms with van der Waals surface area (Å²) in [6.45, 7) is 5.15. The van der Waals surface area contributed by atoms with E-state index in [-0.39, 0.29) is 5.41 Å². The van der Waals surface area contributed by atoms with Gasteiger partial charge < -0.3 is 10.2 Å². The van der Waals surface area contributed by atoms with Crippen molar-refractivity contribution in [2.75, 3.05) is 19.6 Å². The van der Waals surface area contributed by atoms with E-state index in [1.54, 1.807) is 0 Å². The van der Waals surface area contributed by atoms with Gasteiger partial charge in [0.15, 0.2) is 0 Å². The molecule has 3 fully saturated rings. The zero-order valence-corrected chi connectivity index (χ0v) is 13.0. The summed E-state index contributed by atoms with van der Waals surface area (Å²) in [7, 11) is 0. The minimum absolute atomic E-state index is 0.0861. The van der Waals surface area contributed by atoms with Crippen LogP contribution in [0.4, 0.5) is 0 Å². The molecule has 0 aromatic carbocycles. The molecule has 3 aliphatic rings. The lowest BCUT2D eigenvalue weighted by atomic mass is 9.81. The second-order valence-electron chi connectivity index (χ2n) is 7.25. The van der Waals surface area contributed by atoms with E-state index >= 15 is 0 Å². The molecule has 1 saturated heterocycles. The first-order chi connectivity index (χ1) is 9.75. The highest BCUT2D eigenvalue weighted by molar-refractivity contribution is 5.84. The average molecular weight is 278 g/mol. The van der Waals surface area contributed by atoms with Crippen molar-refractivity contribution in [3.8, 4) is 0 Å². The zero-order chi connectivity index (χ0) is 14.0. The van der Waals surface area contributed by atoms with Gasteiger partial charge in [-0.25, -0.2) is 0 Å². The summed E-state index contributed by atoms with van der Waals surface area (Å²) < 4.78 is 0. The standard InChI is InChI=1S/C17H30N2O/c1-2-17(10-11-18-13-17)16(20)19(15-8-9-15)12-14-6-4-3-5-7-14/h14-15,18H,2-13H2,1H3. The number of nitrogens with one attached hydrogen (secondary N) is 1. The monoisotopic (exact) mass is 278 g/mol. The van der Waals surface area contributed by atoms with Crippen molar-refractivity contribution in [1.82, 2.24) is 10.2 Å². The van der Waals surface area contributed by atoms with Gasteiger partial charge in [-0.2, -0.15) is 0 Å². The van der Waals surface area contributed by atoms with Crippen LogP contribution in [0.3, 0.4) is 0 Å². The molecule has 2 aliphatic carbocycles. The van der Waals surface area contributed by atoms with E-state index in [0.717, 1.165) is 38.4 Å². The van der Waals surface area contributed by atoms with Gasteiger partial charge in [0.25, 0.3) is 0 Å². The molecule has 0 aromatic rings. The Morgan fingerprint density at radius 1 is 1.20 bits per heavy atom. The number of hydrogen-bond acceptors (Lipinski definition) is 2. The van der Waals surface area contributed by atoms with Crippen LogP contribution in [0.25, 0.3) is 0 Å². The minimum Gasteiger partial charge on any atom is -0.339 e. The van der Waals surface area contributed by atoms with E-state index in [1.807, 2.05) is 0 Å². The van der Waals surface area contributed by atoms with E-state index in [1.165, 1.54) is 44.9 Å². The molecule has 1 aliphatic heterocycles. The molecule has 2 saturated carbocycles. The maximum atomic E-state index is 13.1. The van der Waals surface area contributed by atoms with Gasteiger partial charge in [-0.3, -0.25) is 4.79 Å². The van der Waals surface area contributed by atoms with Gasteiger partial charge in [0.2, 0.25) is 5.91 Å². The molecule has 0 radical (unpaired) electrons. The minimum atomic E-state index is -0.0861. The molecule has 0 bridgehead atoms. The number of amides is 1. The van der Waals surface area contributed by atoms with Crippen molar-refractivity contribution < 1.29 is 4.79 Å². The van der Waals surface area contributed by atoms with E-state index in [2.05, 4.69) is 17.1 Å². The lowest BCUT2D eigenvalue weighted by molar-refractivity contribution is -0.143. The van der Waals surface area contributed by atoms with Gasteiger partial charge >= 0.3 is 0 Å². The van der Waals surface area contributed by atoms with Gasteiger partial charge in [0, 0.05) is 19.1 Å². The van der Waals surface area contributed by atoms with Gasteiger partial charge in [-0.1, -0.05) is 26.2 Å². The van der Waals surface area contributed by atoms with Gasteiger partial charge in [-0.05, 0) is 51.0 Å². The van der Waals surface area contributed by atoms with E-state index < -0.39 is 0 Å². The van der Waals surface area contributed by atoms with Crippen molar-refractivity contribution in [3.05, 3.63) is 0 Å². The summed E-state index contributed by atoms with van der Waals surface area (Å²) in [6, 6.07) is 0.577. The summed E-state index contributed by atoms with van der Waals surface area (Å²) in [5, 5.41) is 3.42. The Kier molecular flexibility index (Phi) is 4.34. The van der Waals surface area contributed by atoms with Crippen molar-refractivity contribution in [3.63, 3.8) is 0 Å². The summed E-state index contributed by atoms with van der Waals surface area (Å²) >= 11 is 0. The Labute approximate surface area is 123 Å². The Hall–Kier alpha value is -0.570. The fraction of sp³-hybridized carbons (Fsp3) is 0.941. The number of hydrogen-bond donors (Lipinski definition) is 1. The highest BCUT2D eigenvalue weighted by atomic mass is 16.2. The molecule has 0 spiro atoms. The highest BCUT2D eigenvalue weighted by Gasteiger charge is 2.46. The molecule has 1 heterocycles. The number of nitrogens with zero attached hydrogens (tertiary/aromatic N) is 1. The average Bonchev–Trinajstić information content (AvgIpc) is 3.22. The molecule has 3 rings (SSSR count). The van der Waals surface area contributed by atoms with Crippen LogP contribution in [0.2, 0.25) is 0 Å². The van der Waals surface area contributed by atoms with Crippen LogP contribution in [0.15, 0.2) is 0 Å². The molecule has 1 N–H and O–H groups in total. The molecule has 0 aromatic heterocycles. The lowest BCUT2D eigenvalue weighted by Crippen LogP contribution is -2.48. The summed E-state index contributed by atoms with van der Waals surface area (Å²) in [5.41, 5.74) is -0.0861. The fourth-order valence-electron chi connectivity index (χ4n) is 4.12. The number of carbonyl (C=O) groups excluding carboxylic acids is 1. The van der Waals surface area contributed by atoms with E-state index in [4.69, 9.17) is 0 Å². The predicted octanol–water partition coefficient (Wildman–Crippen LogP) is 2.95. The number of carbonyl (C=O) groups is 1. The van der Waals surface area contributed by atoms with E-state index in [0.29, 0.717) is 11.9 Å². The third kappa shape index (κ3) is 2.88. The third-order valence-corrected chi connectivity index (χ3v) is 5.80. The van der Waals surface area contributed by atoms with Crippen LogP contribution < -0.4 is 5.32 Å². The molecule has 3 heteroatoms. The molecule has 3 nitrogen and oxygen atoms in total. The SMILES string of the molecule is CCC1(C(=O)N(CC2CCCCC2)C2CC2)CCNC1. The second kappa shape index (κ2) is 6.05. The molecule has 114 valence electrons. The summed E-state index contributed by atoms with van der Waals surface area (Å²) in [4.78, 5) is 15.4. The summed E-state index contributed by atoms with van der Waals surface area (Å²) in [6.07, 6.45) is 11.3. The smallest absolute Gasteiger partial charge is 0.230 e. The van der Waals surface area contributed by atoms with Gasteiger partial charge in [0.1, 0.15) is 0 Å². The van der Waals surface area contributed by atoms with Crippen molar-refractivity contribution in [1.29, 1.82) is 0 Å². The lowest BCUT2D eigenvalue weighted by Gasteiger charge is -2.36. The quantitative estimate of drug-likeness (QED) is 0.838. The highest BCUT2D eigenvalue weighted by Crippen LogP contribution is 2.38. The normalized spacial score (nSPS) is 31.4. The third-order valence-electron chi connectivity index (χ3n) is 5.80. The fourth-order valence-corrected chi connectivity index (χ4v) is 4.12. The maximum absolute atomic E-state index is 13.1.